The van der Waals surface area contributed by atoms with E-state index in [1.165, 1.54) is 18.3 Å². The van der Waals surface area contributed by atoms with Crippen LogP contribution in [0.2, 0.25) is 5.02 Å². The lowest BCUT2D eigenvalue weighted by Gasteiger charge is -2.13. The Balaban J connectivity index is 1.37. The molecular weight excluding hydrogens is 396 g/mol. The van der Waals surface area contributed by atoms with E-state index in [-0.39, 0.29) is 46.1 Å². The summed E-state index contributed by atoms with van der Waals surface area (Å²) in [5.41, 5.74) is 0.510. The molecule has 1 N–H and O–H groups in total. The summed E-state index contributed by atoms with van der Waals surface area (Å²) in [6.45, 7) is 0. The van der Waals surface area contributed by atoms with Crippen LogP contribution in [-0.4, -0.2) is 34.1 Å². The molecule has 0 spiro atoms. The van der Waals surface area contributed by atoms with Gasteiger partial charge in [0.15, 0.2) is 0 Å². The van der Waals surface area contributed by atoms with Gasteiger partial charge in [0.05, 0.1) is 28.6 Å². The molecule has 1 saturated heterocycles. The van der Waals surface area contributed by atoms with Gasteiger partial charge in [0.1, 0.15) is 11.5 Å². The Bertz CT molecular complexity index is 1090. The lowest BCUT2D eigenvalue weighted by Crippen LogP contribution is -2.28. The van der Waals surface area contributed by atoms with E-state index < -0.39 is 5.97 Å². The number of fused-ring (bicyclic) bond motifs is 5. The van der Waals surface area contributed by atoms with Crippen molar-refractivity contribution < 1.29 is 23.9 Å². The average Bonchev–Trinajstić information content (AvgIpc) is 3.46. The number of amides is 2. The molecule has 2 bridgehead atoms. The fourth-order valence-electron chi connectivity index (χ4n) is 4.53. The second kappa shape index (κ2) is 6.42. The van der Waals surface area contributed by atoms with Crippen molar-refractivity contribution in [3.63, 3.8) is 0 Å². The third-order valence-electron chi connectivity index (χ3n) is 5.86. The SMILES string of the molecule is O=C(O)c1cc(-c2ccc(/C=N\N3C(=O)[C@@H]4[C@@H](C3=O)[C@H]3C=C[C@H]4C3)o2)ccc1Cl. The fourth-order valence-corrected chi connectivity index (χ4v) is 4.73. The van der Waals surface area contributed by atoms with Crippen LogP contribution in [0.5, 0.6) is 0 Å². The molecule has 8 heteroatoms. The molecule has 4 atom stereocenters. The van der Waals surface area contributed by atoms with Gasteiger partial charge in [0.25, 0.3) is 11.8 Å². The normalized spacial score (nSPS) is 27.4. The van der Waals surface area contributed by atoms with Gasteiger partial charge >= 0.3 is 5.97 Å². The van der Waals surface area contributed by atoms with E-state index in [9.17, 15) is 19.5 Å². The summed E-state index contributed by atoms with van der Waals surface area (Å²) < 4.78 is 5.68. The van der Waals surface area contributed by atoms with Crippen LogP contribution in [0, 0.1) is 23.7 Å². The second-order valence-corrected chi connectivity index (χ2v) is 7.84. The summed E-state index contributed by atoms with van der Waals surface area (Å²) in [6, 6.07) is 7.83. The summed E-state index contributed by atoms with van der Waals surface area (Å²) in [6.07, 6.45) is 6.25. The topological polar surface area (TPSA) is 100 Å². The van der Waals surface area contributed by atoms with Gasteiger partial charge < -0.3 is 9.52 Å². The number of nitrogens with zero attached hydrogens (tertiary/aromatic N) is 2. The predicted molar refractivity (Wildman–Crippen MR) is 103 cm³/mol. The molecule has 7 nitrogen and oxygen atoms in total. The molecule has 0 radical (unpaired) electrons. The van der Waals surface area contributed by atoms with Crippen molar-refractivity contribution >= 4 is 35.6 Å². The van der Waals surface area contributed by atoms with Gasteiger partial charge in [-0.1, -0.05) is 23.8 Å². The third-order valence-corrected chi connectivity index (χ3v) is 6.19. The zero-order valence-corrected chi connectivity index (χ0v) is 15.7. The van der Waals surface area contributed by atoms with Gasteiger partial charge in [-0.05, 0) is 48.6 Å². The van der Waals surface area contributed by atoms with Gasteiger partial charge in [-0.15, -0.1) is 0 Å². The number of hydrogen-bond acceptors (Lipinski definition) is 5. The van der Waals surface area contributed by atoms with Crippen molar-refractivity contribution in [1.29, 1.82) is 0 Å². The van der Waals surface area contributed by atoms with Gasteiger partial charge in [-0.25, -0.2) is 4.79 Å². The predicted octanol–water partition coefficient (Wildman–Crippen LogP) is 3.44. The summed E-state index contributed by atoms with van der Waals surface area (Å²) >= 11 is 5.89. The van der Waals surface area contributed by atoms with Crippen LogP contribution >= 0.6 is 11.6 Å². The highest BCUT2D eigenvalue weighted by Gasteiger charge is 2.59. The number of carboxylic acids is 1. The number of aromatic carboxylic acids is 1. The average molecular weight is 411 g/mol. The van der Waals surface area contributed by atoms with E-state index in [0.29, 0.717) is 17.1 Å². The van der Waals surface area contributed by atoms with Crippen LogP contribution in [0.25, 0.3) is 11.3 Å². The van der Waals surface area contributed by atoms with Crippen LogP contribution in [-0.2, 0) is 9.59 Å². The van der Waals surface area contributed by atoms with Crippen molar-refractivity contribution in [2.75, 3.05) is 0 Å². The largest absolute Gasteiger partial charge is 0.478 e. The number of carbonyl (C=O) groups is 3. The van der Waals surface area contributed by atoms with Crippen LogP contribution in [0.15, 0.2) is 52.0 Å². The Hall–Kier alpha value is -3.19. The van der Waals surface area contributed by atoms with Gasteiger partial charge in [-0.3, -0.25) is 9.59 Å². The molecule has 1 aromatic heterocycles. The number of halogens is 1. The monoisotopic (exact) mass is 410 g/mol. The Morgan fingerprint density at radius 1 is 1.14 bits per heavy atom. The van der Waals surface area contributed by atoms with Gasteiger partial charge in [0.2, 0.25) is 0 Å². The van der Waals surface area contributed by atoms with Crippen LogP contribution in [0.4, 0.5) is 0 Å². The molecule has 5 rings (SSSR count). The van der Waals surface area contributed by atoms with E-state index >= 15 is 0 Å². The maximum absolute atomic E-state index is 12.6. The summed E-state index contributed by atoms with van der Waals surface area (Å²) in [5, 5.41) is 14.4. The summed E-state index contributed by atoms with van der Waals surface area (Å²) in [5.74, 6) is -1.24. The number of furan rings is 1. The Morgan fingerprint density at radius 2 is 1.83 bits per heavy atom. The molecule has 2 aliphatic carbocycles. The molecule has 146 valence electrons. The molecule has 29 heavy (non-hydrogen) atoms. The molecule has 1 aliphatic heterocycles. The van der Waals surface area contributed by atoms with E-state index in [2.05, 4.69) is 5.10 Å². The van der Waals surface area contributed by atoms with Crippen molar-refractivity contribution in [1.82, 2.24) is 5.01 Å². The van der Waals surface area contributed by atoms with Crippen LogP contribution in [0.3, 0.4) is 0 Å². The first-order valence-electron chi connectivity index (χ1n) is 9.17. The molecule has 1 saturated carbocycles. The Labute approximate surface area is 170 Å². The van der Waals surface area contributed by atoms with E-state index in [1.54, 1.807) is 18.2 Å². The minimum atomic E-state index is -1.13. The van der Waals surface area contributed by atoms with E-state index in [1.807, 2.05) is 12.2 Å². The van der Waals surface area contributed by atoms with Crippen LogP contribution < -0.4 is 0 Å². The molecule has 3 aliphatic rings. The van der Waals surface area contributed by atoms with E-state index in [0.717, 1.165) is 11.4 Å². The zero-order valence-electron chi connectivity index (χ0n) is 15.0. The number of imide groups is 1. The van der Waals surface area contributed by atoms with Crippen molar-refractivity contribution in [3.05, 3.63) is 58.8 Å². The maximum atomic E-state index is 12.6. The van der Waals surface area contributed by atoms with Crippen LogP contribution in [0.1, 0.15) is 22.5 Å². The highest BCUT2D eigenvalue weighted by molar-refractivity contribution is 6.33. The van der Waals surface area contributed by atoms with E-state index in [4.69, 9.17) is 16.0 Å². The summed E-state index contributed by atoms with van der Waals surface area (Å²) in [4.78, 5) is 36.5. The molecule has 2 fully saturated rings. The second-order valence-electron chi connectivity index (χ2n) is 7.43. The fraction of sp³-hybridized carbons (Fsp3) is 0.238. The Kier molecular flexibility index (Phi) is 3.96. The standard InChI is InChI=1S/C21H15ClN2O5/c22-15-5-3-10(8-14(15)21(27)28)16-6-4-13(29-16)9-23-24-19(25)17-11-1-2-12(7-11)18(17)20(24)26/h1-6,8-9,11-12,17-18H,7H2,(H,27,28)/b23-9-/t11-,12-,17-,18-/m0/s1. The number of hydrazone groups is 1. The number of hydrogen-bond donors (Lipinski definition) is 1. The Morgan fingerprint density at radius 3 is 2.48 bits per heavy atom. The third kappa shape index (κ3) is 2.73. The minimum absolute atomic E-state index is 0.0289. The first-order chi connectivity index (χ1) is 13.9. The zero-order chi connectivity index (χ0) is 20.3. The van der Waals surface area contributed by atoms with Crippen molar-refractivity contribution in [2.24, 2.45) is 28.8 Å². The van der Waals surface area contributed by atoms with Gasteiger partial charge in [0, 0.05) is 5.56 Å². The molecule has 0 unspecified atom stereocenters. The molecule has 2 aromatic rings. The highest BCUT2D eigenvalue weighted by atomic mass is 35.5. The molecule has 2 amide bonds. The number of benzene rings is 1. The smallest absolute Gasteiger partial charge is 0.337 e. The quantitative estimate of drug-likeness (QED) is 0.472. The molecule has 2 heterocycles. The number of rotatable bonds is 4. The number of carbonyl (C=O) groups excluding carboxylic acids is 2. The molecular formula is C21H15ClN2O5. The lowest BCUT2D eigenvalue weighted by atomic mass is 9.85. The number of allylic oxidation sites excluding steroid dienone is 2. The van der Waals surface area contributed by atoms with Gasteiger partial charge in [-0.2, -0.15) is 10.1 Å². The maximum Gasteiger partial charge on any atom is 0.337 e. The highest BCUT2D eigenvalue weighted by Crippen LogP contribution is 2.52. The number of carboxylic acid groups (broad SMARTS) is 1. The van der Waals surface area contributed by atoms with Crippen molar-refractivity contribution in [2.45, 2.75) is 6.42 Å². The minimum Gasteiger partial charge on any atom is -0.478 e. The lowest BCUT2D eigenvalue weighted by molar-refractivity contribution is -0.140. The first kappa shape index (κ1) is 17.9. The first-order valence-corrected chi connectivity index (χ1v) is 9.55. The molecule has 1 aromatic carbocycles. The van der Waals surface area contributed by atoms with Crippen molar-refractivity contribution in [3.8, 4) is 11.3 Å². The summed E-state index contributed by atoms with van der Waals surface area (Å²) in [7, 11) is 0.